The van der Waals surface area contributed by atoms with Crippen molar-refractivity contribution in [2.75, 3.05) is 7.05 Å². The van der Waals surface area contributed by atoms with Gasteiger partial charge < -0.3 is 4.98 Å². The maximum Gasteiger partial charge on any atom is 0.142 e. The highest BCUT2D eigenvalue weighted by atomic mass is 35.5. The van der Waals surface area contributed by atoms with Gasteiger partial charge in [-0.25, -0.2) is 9.37 Å². The molecule has 6 heteroatoms. The third-order valence-corrected chi connectivity index (χ3v) is 5.24. The molecule has 0 spiro atoms. The Labute approximate surface area is 159 Å². The lowest BCUT2D eigenvalue weighted by Crippen LogP contribution is -1.90. The monoisotopic (exact) mass is 383 g/mol. The summed E-state index contributed by atoms with van der Waals surface area (Å²) in [5.74, 6) is -0.431. The van der Waals surface area contributed by atoms with Crippen LogP contribution in [0.4, 0.5) is 4.39 Å². The normalized spacial score (nSPS) is 11.2. The topological polar surface area (TPSA) is 40.7 Å². The Balaban J connectivity index is 1.85. The Morgan fingerprint density at radius 2 is 1.92 bits per heavy atom. The SMILES string of the molecule is CNSc1cccc(-c2cnc3[nH]cc(-c4cccc(F)c4Cl)c3c2)c1. The fourth-order valence-electron chi connectivity index (χ4n) is 2.95. The second kappa shape index (κ2) is 7.11. The van der Waals surface area contributed by atoms with Crippen LogP contribution in [-0.4, -0.2) is 17.0 Å². The number of hydrogen-bond donors (Lipinski definition) is 2. The van der Waals surface area contributed by atoms with E-state index in [4.69, 9.17) is 11.6 Å². The fraction of sp³-hybridized carbons (Fsp3) is 0.0500. The Bertz CT molecular complexity index is 1090. The molecule has 4 aromatic rings. The van der Waals surface area contributed by atoms with Crippen molar-refractivity contribution < 1.29 is 4.39 Å². The van der Waals surface area contributed by atoms with Crippen LogP contribution in [0.25, 0.3) is 33.3 Å². The summed E-state index contributed by atoms with van der Waals surface area (Å²) >= 11 is 7.74. The Morgan fingerprint density at radius 3 is 2.77 bits per heavy atom. The molecule has 0 bridgehead atoms. The first-order valence-electron chi connectivity index (χ1n) is 8.03. The number of rotatable bonds is 4. The molecule has 2 aromatic carbocycles. The third kappa shape index (κ3) is 3.09. The van der Waals surface area contributed by atoms with Crippen LogP contribution in [-0.2, 0) is 0 Å². The van der Waals surface area contributed by atoms with Crippen LogP contribution < -0.4 is 4.72 Å². The highest BCUT2D eigenvalue weighted by Crippen LogP contribution is 2.36. The number of fused-ring (bicyclic) bond motifs is 1. The van der Waals surface area contributed by atoms with Crippen LogP contribution in [0.1, 0.15) is 0 Å². The predicted octanol–water partition coefficient (Wildman–Crippen LogP) is 5.92. The minimum atomic E-state index is -0.431. The summed E-state index contributed by atoms with van der Waals surface area (Å²) in [4.78, 5) is 8.77. The number of aromatic nitrogens is 2. The number of H-pyrrole nitrogens is 1. The summed E-state index contributed by atoms with van der Waals surface area (Å²) in [6, 6.07) is 15.1. The van der Waals surface area contributed by atoms with Gasteiger partial charge in [0.2, 0.25) is 0 Å². The molecule has 0 saturated heterocycles. The van der Waals surface area contributed by atoms with Crippen molar-refractivity contribution in [2.45, 2.75) is 4.90 Å². The molecular formula is C20H15ClFN3S. The molecule has 0 radical (unpaired) electrons. The lowest BCUT2D eigenvalue weighted by atomic mass is 10.0. The smallest absolute Gasteiger partial charge is 0.142 e. The summed E-state index contributed by atoms with van der Waals surface area (Å²) in [5, 5.41) is 1.02. The Morgan fingerprint density at radius 1 is 1.08 bits per heavy atom. The van der Waals surface area contributed by atoms with E-state index < -0.39 is 5.82 Å². The molecule has 2 N–H and O–H groups in total. The second-order valence-electron chi connectivity index (χ2n) is 5.76. The van der Waals surface area contributed by atoms with Crippen LogP contribution in [0.2, 0.25) is 5.02 Å². The van der Waals surface area contributed by atoms with Gasteiger partial charge in [0.25, 0.3) is 0 Å². The molecule has 0 amide bonds. The summed E-state index contributed by atoms with van der Waals surface area (Å²) < 4.78 is 16.9. The Kier molecular flexibility index (Phi) is 4.68. The molecule has 3 nitrogen and oxygen atoms in total. The quantitative estimate of drug-likeness (QED) is 0.430. The van der Waals surface area contributed by atoms with Gasteiger partial charge in [0, 0.05) is 39.4 Å². The number of halogens is 2. The first-order valence-corrected chi connectivity index (χ1v) is 9.22. The van der Waals surface area contributed by atoms with Gasteiger partial charge in [-0.05, 0) is 48.8 Å². The van der Waals surface area contributed by atoms with Crippen molar-refractivity contribution in [3.63, 3.8) is 0 Å². The van der Waals surface area contributed by atoms with Gasteiger partial charge in [-0.3, -0.25) is 4.72 Å². The first kappa shape index (κ1) is 17.1. The van der Waals surface area contributed by atoms with Gasteiger partial charge in [0.05, 0.1) is 5.02 Å². The van der Waals surface area contributed by atoms with E-state index in [2.05, 4.69) is 26.8 Å². The summed E-state index contributed by atoms with van der Waals surface area (Å²) in [7, 11) is 1.89. The maximum atomic E-state index is 13.9. The van der Waals surface area contributed by atoms with E-state index in [1.165, 1.54) is 6.07 Å². The third-order valence-electron chi connectivity index (χ3n) is 4.16. The number of pyridine rings is 1. The van der Waals surface area contributed by atoms with Gasteiger partial charge in [-0.1, -0.05) is 35.9 Å². The maximum absolute atomic E-state index is 13.9. The van der Waals surface area contributed by atoms with E-state index in [0.717, 1.165) is 32.6 Å². The summed E-state index contributed by atoms with van der Waals surface area (Å²) in [5.41, 5.74) is 4.28. The molecule has 2 aromatic heterocycles. The number of aromatic amines is 1. The largest absolute Gasteiger partial charge is 0.346 e. The van der Waals surface area contributed by atoms with Crippen LogP contribution in [0.5, 0.6) is 0 Å². The highest BCUT2D eigenvalue weighted by molar-refractivity contribution is 7.97. The van der Waals surface area contributed by atoms with Crippen molar-refractivity contribution in [3.05, 3.63) is 71.8 Å². The summed E-state index contributed by atoms with van der Waals surface area (Å²) in [6.45, 7) is 0. The van der Waals surface area contributed by atoms with E-state index in [-0.39, 0.29) is 5.02 Å². The van der Waals surface area contributed by atoms with E-state index >= 15 is 0 Å². The van der Waals surface area contributed by atoms with Gasteiger partial charge in [-0.15, -0.1) is 0 Å². The van der Waals surface area contributed by atoms with Crippen LogP contribution in [0.3, 0.4) is 0 Å². The molecule has 130 valence electrons. The molecule has 0 aliphatic rings. The molecule has 4 rings (SSSR count). The second-order valence-corrected chi connectivity index (χ2v) is 7.22. The van der Waals surface area contributed by atoms with E-state index in [1.807, 2.05) is 43.7 Å². The number of hydrogen-bond acceptors (Lipinski definition) is 3. The molecule has 0 fully saturated rings. The van der Waals surface area contributed by atoms with Crippen LogP contribution in [0, 0.1) is 5.82 Å². The minimum absolute atomic E-state index is 0.117. The average Bonchev–Trinajstić information content (AvgIpc) is 3.07. The highest BCUT2D eigenvalue weighted by Gasteiger charge is 2.14. The zero-order valence-electron chi connectivity index (χ0n) is 13.9. The van der Waals surface area contributed by atoms with Crippen LogP contribution >= 0.6 is 23.5 Å². The molecule has 26 heavy (non-hydrogen) atoms. The summed E-state index contributed by atoms with van der Waals surface area (Å²) in [6.07, 6.45) is 3.65. The van der Waals surface area contributed by atoms with E-state index in [0.29, 0.717) is 5.56 Å². The molecule has 2 heterocycles. The number of benzene rings is 2. The number of nitrogens with zero attached hydrogens (tertiary/aromatic N) is 1. The van der Waals surface area contributed by atoms with Gasteiger partial charge in [0.1, 0.15) is 11.5 Å². The molecule has 0 atom stereocenters. The zero-order valence-corrected chi connectivity index (χ0v) is 15.5. The average molecular weight is 384 g/mol. The van der Waals surface area contributed by atoms with Crippen molar-refractivity contribution >= 4 is 34.6 Å². The van der Waals surface area contributed by atoms with Crippen molar-refractivity contribution in [1.29, 1.82) is 0 Å². The molecular weight excluding hydrogens is 369 g/mol. The number of nitrogens with one attached hydrogen (secondary N) is 2. The molecule has 0 aliphatic carbocycles. The molecule has 0 saturated carbocycles. The minimum Gasteiger partial charge on any atom is -0.346 e. The Hall–Kier alpha value is -2.34. The van der Waals surface area contributed by atoms with Gasteiger partial charge >= 0.3 is 0 Å². The van der Waals surface area contributed by atoms with E-state index in [1.54, 1.807) is 18.0 Å². The van der Waals surface area contributed by atoms with Crippen LogP contribution in [0.15, 0.2) is 65.8 Å². The predicted molar refractivity (Wildman–Crippen MR) is 107 cm³/mol. The molecule has 0 aliphatic heterocycles. The van der Waals surface area contributed by atoms with E-state index in [9.17, 15) is 4.39 Å². The van der Waals surface area contributed by atoms with Gasteiger partial charge in [-0.2, -0.15) is 0 Å². The standard InChI is InChI=1S/C20H15ClFN3S/c1-23-26-14-5-2-4-12(8-14)13-9-16-17(11-25-20(16)24-10-13)15-6-3-7-18(22)19(15)21/h2-11,23H,1H3,(H,24,25). The lowest BCUT2D eigenvalue weighted by molar-refractivity contribution is 0.629. The molecule has 0 unspecified atom stereocenters. The van der Waals surface area contributed by atoms with Crippen molar-refractivity contribution in [2.24, 2.45) is 0 Å². The first-order chi connectivity index (χ1) is 12.7. The van der Waals surface area contributed by atoms with Crippen molar-refractivity contribution in [1.82, 2.24) is 14.7 Å². The lowest BCUT2D eigenvalue weighted by Gasteiger charge is -2.07. The fourth-order valence-corrected chi connectivity index (χ4v) is 3.75. The zero-order chi connectivity index (χ0) is 18.1. The van der Waals surface area contributed by atoms with Crippen molar-refractivity contribution in [3.8, 4) is 22.3 Å². The van der Waals surface area contributed by atoms with Gasteiger partial charge in [0.15, 0.2) is 0 Å².